The molecule has 0 aliphatic heterocycles. The predicted octanol–water partition coefficient (Wildman–Crippen LogP) is 3.67. The number of nitrogens with one attached hydrogen (secondary N) is 3. The monoisotopic (exact) mass is 385 g/mol. The van der Waals surface area contributed by atoms with Crippen molar-refractivity contribution in [3.05, 3.63) is 33.8 Å². The first-order chi connectivity index (χ1) is 12.0. The van der Waals surface area contributed by atoms with Crippen LogP contribution in [0.2, 0.25) is 10.0 Å². The Morgan fingerprint density at radius 2 is 1.80 bits per heavy atom. The van der Waals surface area contributed by atoms with E-state index in [4.69, 9.17) is 23.2 Å². The fourth-order valence-corrected chi connectivity index (χ4v) is 3.43. The third-order valence-electron chi connectivity index (χ3n) is 4.31. The van der Waals surface area contributed by atoms with Crippen LogP contribution in [-0.2, 0) is 11.2 Å². The van der Waals surface area contributed by atoms with Gasteiger partial charge in [0.2, 0.25) is 5.91 Å². The summed E-state index contributed by atoms with van der Waals surface area (Å²) in [6.07, 6.45) is 6.57. The summed E-state index contributed by atoms with van der Waals surface area (Å²) in [6, 6.07) is 5.40. The number of amides is 3. The van der Waals surface area contributed by atoms with Gasteiger partial charge in [-0.1, -0.05) is 48.5 Å². The van der Waals surface area contributed by atoms with Gasteiger partial charge < -0.3 is 16.0 Å². The number of urea groups is 1. The summed E-state index contributed by atoms with van der Waals surface area (Å²) in [4.78, 5) is 23.6. The molecule has 1 fully saturated rings. The van der Waals surface area contributed by atoms with Crippen LogP contribution in [0.1, 0.15) is 44.1 Å². The Morgan fingerprint density at radius 1 is 1.04 bits per heavy atom. The second-order valence-corrected chi connectivity index (χ2v) is 7.16. The number of halogens is 2. The largest absolute Gasteiger partial charge is 0.356 e. The maximum atomic E-state index is 11.8. The normalized spacial score (nSPS) is 14.8. The van der Waals surface area contributed by atoms with Crippen molar-refractivity contribution in [2.75, 3.05) is 13.1 Å². The van der Waals surface area contributed by atoms with Gasteiger partial charge in [0.25, 0.3) is 0 Å². The van der Waals surface area contributed by atoms with Crippen LogP contribution in [0.4, 0.5) is 4.79 Å². The van der Waals surface area contributed by atoms with Crippen LogP contribution in [0.5, 0.6) is 0 Å². The first kappa shape index (κ1) is 19.9. The molecule has 2 rings (SSSR count). The van der Waals surface area contributed by atoms with Crippen LogP contribution in [-0.4, -0.2) is 31.1 Å². The second-order valence-electron chi connectivity index (χ2n) is 6.32. The van der Waals surface area contributed by atoms with Gasteiger partial charge in [0.1, 0.15) is 0 Å². The van der Waals surface area contributed by atoms with E-state index in [-0.39, 0.29) is 24.4 Å². The molecular weight excluding hydrogens is 361 g/mol. The minimum Gasteiger partial charge on any atom is -0.356 e. The lowest BCUT2D eigenvalue weighted by Gasteiger charge is -2.22. The summed E-state index contributed by atoms with van der Waals surface area (Å²) in [5.41, 5.74) is 0.941. The van der Waals surface area contributed by atoms with Gasteiger partial charge in [0, 0.05) is 35.6 Å². The van der Waals surface area contributed by atoms with E-state index >= 15 is 0 Å². The van der Waals surface area contributed by atoms with E-state index < -0.39 is 0 Å². The van der Waals surface area contributed by atoms with Gasteiger partial charge >= 0.3 is 6.03 Å². The summed E-state index contributed by atoms with van der Waals surface area (Å²) in [6.45, 7) is 0.820. The average Bonchev–Trinajstić information content (AvgIpc) is 2.58. The van der Waals surface area contributed by atoms with Crippen LogP contribution < -0.4 is 16.0 Å². The molecule has 0 aromatic heterocycles. The Balaban J connectivity index is 1.56. The maximum absolute atomic E-state index is 11.8. The molecule has 3 N–H and O–H groups in total. The van der Waals surface area contributed by atoms with Crippen LogP contribution in [0, 0.1) is 0 Å². The van der Waals surface area contributed by atoms with Gasteiger partial charge in [-0.15, -0.1) is 0 Å². The van der Waals surface area contributed by atoms with E-state index in [1.54, 1.807) is 12.1 Å². The van der Waals surface area contributed by atoms with E-state index in [0.29, 0.717) is 29.6 Å². The van der Waals surface area contributed by atoms with Crippen molar-refractivity contribution in [3.63, 3.8) is 0 Å². The number of hydrogen-bond acceptors (Lipinski definition) is 2. The van der Waals surface area contributed by atoms with Crippen molar-refractivity contribution in [3.8, 4) is 0 Å². The molecule has 7 heteroatoms. The quantitative estimate of drug-likeness (QED) is 0.669. The number of benzene rings is 1. The fraction of sp³-hybridized carbons (Fsp3) is 0.556. The van der Waals surface area contributed by atoms with Gasteiger partial charge in [-0.25, -0.2) is 4.79 Å². The smallest absolute Gasteiger partial charge is 0.315 e. The molecule has 0 radical (unpaired) electrons. The minimum absolute atomic E-state index is 0.0944. The lowest BCUT2D eigenvalue weighted by Crippen LogP contribution is -2.43. The van der Waals surface area contributed by atoms with Gasteiger partial charge in [0.15, 0.2) is 0 Å². The van der Waals surface area contributed by atoms with Gasteiger partial charge in [-0.05, 0) is 37.0 Å². The number of hydrogen-bond donors (Lipinski definition) is 3. The molecule has 0 unspecified atom stereocenters. The highest BCUT2D eigenvalue weighted by Crippen LogP contribution is 2.21. The zero-order valence-corrected chi connectivity index (χ0v) is 15.8. The molecule has 1 aliphatic rings. The molecule has 0 saturated heterocycles. The standard InChI is InChI=1S/C18H25Cl2N3O2/c19-14-7-6-13(16(20)12-14)8-10-21-17(24)9-11-22-18(25)23-15-4-2-1-3-5-15/h6-7,12,15H,1-5,8-11H2,(H,21,24)(H2,22,23,25). The lowest BCUT2D eigenvalue weighted by molar-refractivity contribution is -0.120. The van der Waals surface area contributed by atoms with E-state index in [1.165, 1.54) is 19.3 Å². The van der Waals surface area contributed by atoms with Gasteiger partial charge in [0.05, 0.1) is 0 Å². The zero-order chi connectivity index (χ0) is 18.1. The van der Waals surface area contributed by atoms with Crippen LogP contribution in [0.15, 0.2) is 18.2 Å². The molecule has 138 valence electrons. The van der Waals surface area contributed by atoms with Crippen LogP contribution in [0.25, 0.3) is 0 Å². The third-order valence-corrected chi connectivity index (χ3v) is 4.90. The van der Waals surface area contributed by atoms with E-state index in [2.05, 4.69) is 16.0 Å². The molecule has 1 aromatic carbocycles. The molecular formula is C18H25Cl2N3O2. The summed E-state index contributed by atoms with van der Waals surface area (Å²) in [7, 11) is 0. The Labute approximate surface area is 158 Å². The maximum Gasteiger partial charge on any atom is 0.315 e. The molecule has 0 atom stereocenters. The van der Waals surface area contributed by atoms with Crippen molar-refractivity contribution in [2.24, 2.45) is 0 Å². The first-order valence-corrected chi connectivity index (χ1v) is 9.55. The van der Waals surface area contributed by atoms with Gasteiger partial charge in [-0.2, -0.15) is 0 Å². The Bertz CT molecular complexity index is 590. The van der Waals surface area contributed by atoms with Gasteiger partial charge in [-0.3, -0.25) is 4.79 Å². The van der Waals surface area contributed by atoms with Crippen molar-refractivity contribution in [1.82, 2.24) is 16.0 Å². The molecule has 1 aromatic rings. The minimum atomic E-state index is -0.187. The second kappa shape index (κ2) is 10.5. The Hall–Kier alpha value is -1.46. The van der Waals surface area contributed by atoms with Crippen LogP contribution >= 0.6 is 23.2 Å². The van der Waals surface area contributed by atoms with Crippen LogP contribution in [0.3, 0.4) is 0 Å². The molecule has 3 amide bonds. The third kappa shape index (κ3) is 7.53. The zero-order valence-electron chi connectivity index (χ0n) is 14.2. The van der Waals surface area contributed by atoms with Crippen molar-refractivity contribution in [1.29, 1.82) is 0 Å². The van der Waals surface area contributed by atoms with E-state index in [9.17, 15) is 9.59 Å². The SMILES string of the molecule is O=C(CCNC(=O)NC1CCCCC1)NCCc1ccc(Cl)cc1Cl. The first-order valence-electron chi connectivity index (χ1n) is 8.79. The topological polar surface area (TPSA) is 70.2 Å². The summed E-state index contributed by atoms with van der Waals surface area (Å²) in [5.74, 6) is -0.0944. The number of carbonyl (C=O) groups is 2. The molecule has 0 heterocycles. The Morgan fingerprint density at radius 3 is 2.52 bits per heavy atom. The summed E-state index contributed by atoms with van der Waals surface area (Å²) >= 11 is 11.9. The summed E-state index contributed by atoms with van der Waals surface area (Å²) < 4.78 is 0. The van der Waals surface area contributed by atoms with E-state index in [1.807, 2.05) is 6.07 Å². The molecule has 5 nitrogen and oxygen atoms in total. The van der Waals surface area contributed by atoms with Crippen molar-refractivity contribution >= 4 is 35.1 Å². The number of rotatable bonds is 7. The lowest BCUT2D eigenvalue weighted by atomic mass is 9.96. The predicted molar refractivity (Wildman–Crippen MR) is 101 cm³/mol. The molecule has 0 bridgehead atoms. The Kier molecular flexibility index (Phi) is 8.35. The average molecular weight is 386 g/mol. The molecule has 1 saturated carbocycles. The molecule has 0 spiro atoms. The van der Waals surface area contributed by atoms with Crippen molar-refractivity contribution in [2.45, 2.75) is 51.0 Å². The fourth-order valence-electron chi connectivity index (χ4n) is 2.92. The molecule has 1 aliphatic carbocycles. The van der Waals surface area contributed by atoms with E-state index in [0.717, 1.165) is 18.4 Å². The number of carbonyl (C=O) groups excluding carboxylic acids is 2. The summed E-state index contributed by atoms with van der Waals surface area (Å²) in [5, 5.41) is 9.72. The highest BCUT2D eigenvalue weighted by Gasteiger charge is 2.15. The highest BCUT2D eigenvalue weighted by molar-refractivity contribution is 6.35. The van der Waals surface area contributed by atoms with Crippen molar-refractivity contribution < 1.29 is 9.59 Å². The highest BCUT2D eigenvalue weighted by atomic mass is 35.5. The molecule has 25 heavy (non-hydrogen) atoms.